The fourth-order valence-corrected chi connectivity index (χ4v) is 1.74. The Kier molecular flexibility index (Phi) is 3.95. The van der Waals surface area contributed by atoms with Gasteiger partial charge in [-0.3, -0.25) is 0 Å². The highest BCUT2D eigenvalue weighted by atomic mass is 19.1. The second kappa shape index (κ2) is 5.65. The van der Waals surface area contributed by atoms with E-state index in [1.807, 2.05) is 18.2 Å². The summed E-state index contributed by atoms with van der Waals surface area (Å²) in [6.07, 6.45) is -0.589. The largest absolute Gasteiger partial charge is 0.489 e. The number of aliphatic hydroxyl groups excluding tert-OH is 1. The van der Waals surface area contributed by atoms with Crippen LogP contribution in [0.2, 0.25) is 0 Å². The standard InChI is InChI=1S/C15H15FO2/c1-11(17)14-7-2-3-8-15(14)18-10-12-5-4-6-13(16)9-12/h2-9,11,17H,10H2,1H3/t11-/m1/s1. The summed E-state index contributed by atoms with van der Waals surface area (Å²) in [5, 5.41) is 9.61. The summed E-state index contributed by atoms with van der Waals surface area (Å²) in [5.41, 5.74) is 1.49. The molecule has 2 aromatic rings. The molecule has 0 aliphatic heterocycles. The van der Waals surface area contributed by atoms with Gasteiger partial charge in [-0.2, -0.15) is 0 Å². The maximum atomic E-state index is 13.0. The van der Waals surface area contributed by atoms with Crippen molar-refractivity contribution < 1.29 is 14.2 Å². The van der Waals surface area contributed by atoms with Crippen LogP contribution in [-0.2, 0) is 6.61 Å². The Bertz CT molecular complexity index is 523. The van der Waals surface area contributed by atoms with Gasteiger partial charge in [-0.15, -0.1) is 0 Å². The number of halogens is 1. The van der Waals surface area contributed by atoms with Gasteiger partial charge in [0.05, 0.1) is 6.10 Å². The Balaban J connectivity index is 2.11. The topological polar surface area (TPSA) is 29.5 Å². The Morgan fingerprint density at radius 1 is 1.17 bits per heavy atom. The first-order chi connectivity index (χ1) is 8.66. The molecule has 0 bridgehead atoms. The van der Waals surface area contributed by atoms with E-state index >= 15 is 0 Å². The first kappa shape index (κ1) is 12.6. The summed E-state index contributed by atoms with van der Waals surface area (Å²) >= 11 is 0. The van der Waals surface area contributed by atoms with Crippen LogP contribution in [0.25, 0.3) is 0 Å². The van der Waals surface area contributed by atoms with Gasteiger partial charge in [-0.25, -0.2) is 4.39 Å². The molecule has 0 amide bonds. The fourth-order valence-electron chi connectivity index (χ4n) is 1.74. The predicted octanol–water partition coefficient (Wildman–Crippen LogP) is 3.46. The number of aliphatic hydroxyl groups is 1. The number of benzene rings is 2. The van der Waals surface area contributed by atoms with Crippen molar-refractivity contribution in [3.05, 3.63) is 65.5 Å². The monoisotopic (exact) mass is 246 g/mol. The van der Waals surface area contributed by atoms with Gasteiger partial charge in [0.15, 0.2) is 0 Å². The molecule has 0 aliphatic rings. The molecular weight excluding hydrogens is 231 g/mol. The minimum Gasteiger partial charge on any atom is -0.489 e. The quantitative estimate of drug-likeness (QED) is 0.895. The van der Waals surface area contributed by atoms with Crippen molar-refractivity contribution in [2.24, 2.45) is 0 Å². The second-order valence-corrected chi connectivity index (χ2v) is 4.13. The van der Waals surface area contributed by atoms with Gasteiger partial charge < -0.3 is 9.84 Å². The van der Waals surface area contributed by atoms with E-state index in [1.54, 1.807) is 25.1 Å². The van der Waals surface area contributed by atoms with Gasteiger partial charge in [0.25, 0.3) is 0 Å². The second-order valence-electron chi connectivity index (χ2n) is 4.13. The molecule has 0 heterocycles. The van der Waals surface area contributed by atoms with Crippen LogP contribution in [0.5, 0.6) is 5.75 Å². The van der Waals surface area contributed by atoms with Gasteiger partial charge in [-0.1, -0.05) is 30.3 Å². The van der Waals surface area contributed by atoms with Crippen molar-refractivity contribution in [2.45, 2.75) is 19.6 Å². The first-order valence-electron chi connectivity index (χ1n) is 5.81. The van der Waals surface area contributed by atoms with E-state index < -0.39 is 6.10 Å². The molecule has 2 nitrogen and oxygen atoms in total. The van der Waals surface area contributed by atoms with Crippen molar-refractivity contribution in [2.75, 3.05) is 0 Å². The van der Waals surface area contributed by atoms with Crippen LogP contribution in [0.1, 0.15) is 24.2 Å². The molecule has 0 radical (unpaired) electrons. The van der Waals surface area contributed by atoms with E-state index in [-0.39, 0.29) is 12.4 Å². The maximum absolute atomic E-state index is 13.0. The van der Waals surface area contributed by atoms with Crippen molar-refractivity contribution in [1.82, 2.24) is 0 Å². The van der Waals surface area contributed by atoms with E-state index in [4.69, 9.17) is 4.74 Å². The summed E-state index contributed by atoms with van der Waals surface area (Å²) in [6, 6.07) is 13.6. The average Bonchev–Trinajstić information content (AvgIpc) is 2.37. The molecule has 1 N–H and O–H groups in total. The van der Waals surface area contributed by atoms with Crippen LogP contribution in [0.15, 0.2) is 48.5 Å². The molecule has 0 aliphatic carbocycles. The number of hydrogen-bond acceptors (Lipinski definition) is 2. The Labute approximate surface area is 106 Å². The van der Waals surface area contributed by atoms with Gasteiger partial charge >= 0.3 is 0 Å². The summed E-state index contributed by atoms with van der Waals surface area (Å²) in [5.74, 6) is 0.344. The zero-order valence-electron chi connectivity index (χ0n) is 10.1. The molecule has 0 unspecified atom stereocenters. The molecular formula is C15H15FO2. The molecule has 18 heavy (non-hydrogen) atoms. The van der Waals surface area contributed by atoms with Crippen LogP contribution < -0.4 is 4.74 Å². The molecule has 0 aromatic heterocycles. The molecule has 2 aromatic carbocycles. The molecule has 3 heteroatoms. The predicted molar refractivity (Wildman–Crippen MR) is 67.8 cm³/mol. The number of rotatable bonds is 4. The molecule has 0 saturated carbocycles. The lowest BCUT2D eigenvalue weighted by Crippen LogP contribution is -2.01. The van der Waals surface area contributed by atoms with Crippen LogP contribution in [-0.4, -0.2) is 5.11 Å². The third-order valence-corrected chi connectivity index (χ3v) is 2.65. The van der Waals surface area contributed by atoms with E-state index in [9.17, 15) is 9.50 Å². The van der Waals surface area contributed by atoms with Crippen molar-refractivity contribution in [3.8, 4) is 5.75 Å². The number of ether oxygens (including phenoxy) is 1. The zero-order valence-corrected chi connectivity index (χ0v) is 10.1. The molecule has 0 fully saturated rings. The minimum atomic E-state index is -0.589. The van der Waals surface area contributed by atoms with Crippen molar-refractivity contribution in [1.29, 1.82) is 0 Å². The van der Waals surface area contributed by atoms with Gasteiger partial charge in [0.1, 0.15) is 18.2 Å². The highest BCUT2D eigenvalue weighted by molar-refractivity contribution is 5.35. The average molecular weight is 246 g/mol. The highest BCUT2D eigenvalue weighted by Crippen LogP contribution is 2.25. The van der Waals surface area contributed by atoms with Gasteiger partial charge in [-0.05, 0) is 30.7 Å². The lowest BCUT2D eigenvalue weighted by molar-refractivity contribution is 0.190. The summed E-state index contributed by atoms with van der Waals surface area (Å²) in [4.78, 5) is 0. The Morgan fingerprint density at radius 2 is 1.94 bits per heavy atom. The lowest BCUT2D eigenvalue weighted by atomic mass is 10.1. The molecule has 0 saturated heterocycles. The summed E-state index contributed by atoms with van der Waals surface area (Å²) < 4.78 is 18.6. The Morgan fingerprint density at radius 3 is 2.67 bits per heavy atom. The van der Waals surface area contributed by atoms with Gasteiger partial charge in [0.2, 0.25) is 0 Å². The molecule has 2 rings (SSSR count). The SMILES string of the molecule is C[C@@H](O)c1ccccc1OCc1cccc(F)c1. The number of para-hydroxylation sites is 1. The summed E-state index contributed by atoms with van der Waals surface area (Å²) in [6.45, 7) is 1.96. The van der Waals surface area contributed by atoms with E-state index in [1.165, 1.54) is 12.1 Å². The van der Waals surface area contributed by atoms with Gasteiger partial charge in [0, 0.05) is 5.56 Å². The number of hydrogen-bond donors (Lipinski definition) is 1. The van der Waals surface area contributed by atoms with Crippen molar-refractivity contribution >= 4 is 0 Å². The smallest absolute Gasteiger partial charge is 0.125 e. The van der Waals surface area contributed by atoms with Crippen molar-refractivity contribution in [3.63, 3.8) is 0 Å². The van der Waals surface area contributed by atoms with E-state index in [0.717, 1.165) is 11.1 Å². The lowest BCUT2D eigenvalue weighted by Gasteiger charge is -2.13. The van der Waals surface area contributed by atoms with Crippen LogP contribution >= 0.6 is 0 Å². The third kappa shape index (κ3) is 3.08. The van der Waals surface area contributed by atoms with E-state index in [0.29, 0.717) is 5.75 Å². The summed E-state index contributed by atoms with van der Waals surface area (Å²) in [7, 11) is 0. The zero-order chi connectivity index (χ0) is 13.0. The first-order valence-corrected chi connectivity index (χ1v) is 5.81. The van der Waals surface area contributed by atoms with Crippen LogP contribution in [0.4, 0.5) is 4.39 Å². The van der Waals surface area contributed by atoms with Crippen LogP contribution in [0, 0.1) is 5.82 Å². The molecule has 1 atom stereocenters. The minimum absolute atomic E-state index is 0.278. The third-order valence-electron chi connectivity index (χ3n) is 2.65. The Hall–Kier alpha value is -1.87. The normalized spacial score (nSPS) is 12.2. The fraction of sp³-hybridized carbons (Fsp3) is 0.200. The highest BCUT2D eigenvalue weighted by Gasteiger charge is 2.08. The molecule has 0 spiro atoms. The van der Waals surface area contributed by atoms with E-state index in [2.05, 4.69) is 0 Å². The van der Waals surface area contributed by atoms with Crippen LogP contribution in [0.3, 0.4) is 0 Å². The molecule has 94 valence electrons. The maximum Gasteiger partial charge on any atom is 0.125 e.